The topological polar surface area (TPSA) is 106 Å². The van der Waals surface area contributed by atoms with Gasteiger partial charge in [0, 0.05) is 24.3 Å². The predicted octanol–water partition coefficient (Wildman–Crippen LogP) is 5.33. The average Bonchev–Trinajstić information content (AvgIpc) is 3.88. The molecular formula is C31H41N5O4S2. The maximum atomic E-state index is 13.4. The zero-order valence-electron chi connectivity index (χ0n) is 24.5. The highest BCUT2D eigenvalue weighted by molar-refractivity contribution is 7.90. The maximum Gasteiger partial charge on any atom is 0.268 e. The van der Waals surface area contributed by atoms with Crippen LogP contribution in [-0.2, 0) is 10.0 Å². The minimum atomic E-state index is -4.04. The van der Waals surface area contributed by atoms with Crippen molar-refractivity contribution in [1.82, 2.24) is 19.5 Å². The number of pyridine rings is 1. The Morgan fingerprint density at radius 2 is 1.76 bits per heavy atom. The molecule has 0 bridgehead atoms. The van der Waals surface area contributed by atoms with E-state index in [0.717, 1.165) is 30.6 Å². The Labute approximate surface area is 255 Å². The van der Waals surface area contributed by atoms with Gasteiger partial charge in [0.15, 0.2) is 5.82 Å². The van der Waals surface area contributed by atoms with Gasteiger partial charge in [-0.25, -0.2) is 22.8 Å². The van der Waals surface area contributed by atoms with Gasteiger partial charge >= 0.3 is 0 Å². The van der Waals surface area contributed by atoms with Crippen molar-refractivity contribution in [3.8, 4) is 11.7 Å². The van der Waals surface area contributed by atoms with Crippen LogP contribution in [0.4, 0.5) is 5.82 Å². The van der Waals surface area contributed by atoms with Crippen LogP contribution in [0.5, 0.6) is 5.88 Å². The Balaban J connectivity index is 0.00000353. The van der Waals surface area contributed by atoms with Crippen LogP contribution in [-0.4, -0.2) is 47.8 Å². The lowest BCUT2D eigenvalue weighted by molar-refractivity contribution is 0.0981. The van der Waals surface area contributed by atoms with Gasteiger partial charge in [0.1, 0.15) is 5.82 Å². The standard InChI is InChI=1S/C31H39N5O4S.H2S/c1-21-19-31(2,3)35(20-21)29-26(30(37)34-41(38,39)24-7-5-4-6-8-24)13-14-27(32-29)36-17-15-28(33-36)40-18-16-25(22-9-10-22)23-11-12-23;/h4-8,13-15,17,21-23,25H,9-12,16,18-20H2,1-3H3,(H,34,37);1H2/t21-;/m0./s1. The molecule has 3 aliphatic rings. The monoisotopic (exact) mass is 611 g/mol. The Hall–Kier alpha value is -3.05. The summed E-state index contributed by atoms with van der Waals surface area (Å²) in [6.45, 7) is 7.75. The Kier molecular flexibility index (Phi) is 8.63. The molecule has 3 aromatic rings. The third-order valence-electron chi connectivity index (χ3n) is 8.67. The zero-order chi connectivity index (χ0) is 28.8. The van der Waals surface area contributed by atoms with Gasteiger partial charge < -0.3 is 9.64 Å². The average molecular weight is 612 g/mol. The Morgan fingerprint density at radius 3 is 2.38 bits per heavy atom. The van der Waals surface area contributed by atoms with Crippen molar-refractivity contribution in [3.63, 3.8) is 0 Å². The predicted molar refractivity (Wildman–Crippen MR) is 167 cm³/mol. The molecule has 1 saturated heterocycles. The number of hydrogen-bond acceptors (Lipinski definition) is 7. The number of benzene rings is 1. The number of aromatic nitrogens is 3. The highest BCUT2D eigenvalue weighted by atomic mass is 32.2. The van der Waals surface area contributed by atoms with E-state index in [9.17, 15) is 13.2 Å². The fourth-order valence-corrected chi connectivity index (χ4v) is 7.45. The van der Waals surface area contributed by atoms with Gasteiger partial charge in [0.25, 0.3) is 15.9 Å². The first-order chi connectivity index (χ1) is 19.6. The van der Waals surface area contributed by atoms with E-state index in [1.54, 1.807) is 41.2 Å². The fraction of sp³-hybridized carbons (Fsp3) is 0.516. The Morgan fingerprint density at radius 1 is 1.07 bits per heavy atom. The summed E-state index contributed by atoms with van der Waals surface area (Å²) in [6.07, 6.45) is 9.25. The highest BCUT2D eigenvalue weighted by Crippen LogP contribution is 2.50. The van der Waals surface area contributed by atoms with Gasteiger partial charge in [0.05, 0.1) is 17.1 Å². The number of sulfonamides is 1. The van der Waals surface area contributed by atoms with Crippen LogP contribution >= 0.6 is 13.5 Å². The maximum absolute atomic E-state index is 13.4. The summed E-state index contributed by atoms with van der Waals surface area (Å²) in [5, 5.41) is 4.61. The lowest BCUT2D eigenvalue weighted by atomic mass is 9.95. The van der Waals surface area contributed by atoms with E-state index < -0.39 is 15.9 Å². The van der Waals surface area contributed by atoms with E-state index in [-0.39, 0.29) is 29.5 Å². The van der Waals surface area contributed by atoms with Crippen LogP contribution < -0.4 is 14.4 Å². The summed E-state index contributed by atoms with van der Waals surface area (Å²) in [5.74, 6) is 3.75. The molecule has 42 heavy (non-hydrogen) atoms. The first-order valence-corrected chi connectivity index (χ1v) is 16.2. The molecule has 1 atom stereocenters. The quantitative estimate of drug-likeness (QED) is 0.312. The van der Waals surface area contributed by atoms with Crippen LogP contribution in [0.25, 0.3) is 5.82 Å². The molecule has 1 aliphatic heterocycles. The number of ether oxygens (including phenoxy) is 1. The number of anilines is 1. The largest absolute Gasteiger partial charge is 0.477 e. The van der Waals surface area contributed by atoms with Gasteiger partial charge in [-0.2, -0.15) is 13.5 Å². The van der Waals surface area contributed by atoms with Crippen molar-refractivity contribution >= 4 is 35.2 Å². The minimum Gasteiger partial charge on any atom is -0.477 e. The second-order valence-corrected chi connectivity index (χ2v) is 14.3. The van der Waals surface area contributed by atoms with Gasteiger partial charge in [-0.05, 0) is 100 Å². The summed E-state index contributed by atoms with van der Waals surface area (Å²) in [6, 6.07) is 13.0. The number of carbonyl (C=O) groups is 1. The number of nitrogens with one attached hydrogen (secondary N) is 1. The minimum absolute atomic E-state index is 0. The molecule has 11 heteroatoms. The molecule has 6 rings (SSSR count). The molecule has 0 spiro atoms. The van der Waals surface area contributed by atoms with Crippen LogP contribution in [0, 0.1) is 23.7 Å². The van der Waals surface area contributed by atoms with Gasteiger partial charge in [-0.3, -0.25) is 4.79 Å². The Bertz CT molecular complexity index is 1510. The van der Waals surface area contributed by atoms with E-state index in [1.165, 1.54) is 37.8 Å². The molecule has 1 amide bonds. The van der Waals surface area contributed by atoms with Crippen molar-refractivity contribution in [1.29, 1.82) is 0 Å². The molecule has 0 radical (unpaired) electrons. The van der Waals surface area contributed by atoms with Crippen LogP contribution in [0.1, 0.15) is 69.7 Å². The van der Waals surface area contributed by atoms with E-state index in [0.29, 0.717) is 36.6 Å². The van der Waals surface area contributed by atoms with Crippen molar-refractivity contribution in [2.75, 3.05) is 18.1 Å². The summed E-state index contributed by atoms with van der Waals surface area (Å²) in [7, 11) is -4.04. The van der Waals surface area contributed by atoms with E-state index in [4.69, 9.17) is 9.72 Å². The SMILES string of the molecule is C[C@@H]1CN(c2nc(-n3ccc(OCCC(C4CC4)C4CC4)n3)ccc2C(=O)NS(=O)(=O)c2ccccc2)C(C)(C)C1.S. The summed E-state index contributed by atoms with van der Waals surface area (Å²) in [5.41, 5.74) is -0.0681. The third-order valence-corrected chi connectivity index (χ3v) is 10.0. The summed E-state index contributed by atoms with van der Waals surface area (Å²) in [4.78, 5) is 20.4. The number of carbonyl (C=O) groups excluding carboxylic acids is 1. The van der Waals surface area contributed by atoms with Crippen molar-refractivity contribution < 1.29 is 17.9 Å². The van der Waals surface area contributed by atoms with Crippen molar-refractivity contribution in [2.45, 2.75) is 69.7 Å². The number of rotatable bonds is 11. The fourth-order valence-electron chi connectivity index (χ4n) is 6.46. The van der Waals surface area contributed by atoms with Crippen LogP contribution in [0.15, 0.2) is 59.6 Å². The van der Waals surface area contributed by atoms with Gasteiger partial charge in [0.2, 0.25) is 5.88 Å². The van der Waals surface area contributed by atoms with Crippen LogP contribution in [0.3, 0.4) is 0 Å². The van der Waals surface area contributed by atoms with E-state index >= 15 is 0 Å². The number of amides is 1. The van der Waals surface area contributed by atoms with E-state index in [2.05, 4.69) is 35.5 Å². The molecule has 1 N–H and O–H groups in total. The van der Waals surface area contributed by atoms with Crippen molar-refractivity contribution in [2.24, 2.45) is 23.7 Å². The lowest BCUT2D eigenvalue weighted by Crippen LogP contribution is -2.41. The van der Waals surface area contributed by atoms with E-state index in [1.807, 2.05) is 6.07 Å². The zero-order valence-corrected chi connectivity index (χ0v) is 26.3. The van der Waals surface area contributed by atoms with Crippen LogP contribution in [0.2, 0.25) is 0 Å². The molecule has 2 aromatic heterocycles. The molecule has 1 aromatic carbocycles. The smallest absolute Gasteiger partial charge is 0.268 e. The highest BCUT2D eigenvalue weighted by Gasteiger charge is 2.41. The second kappa shape index (κ2) is 11.9. The lowest BCUT2D eigenvalue weighted by Gasteiger charge is -2.34. The molecule has 226 valence electrons. The number of hydrogen-bond donors (Lipinski definition) is 1. The summed E-state index contributed by atoms with van der Waals surface area (Å²) < 4.78 is 35.8. The molecule has 9 nitrogen and oxygen atoms in total. The number of nitrogens with zero attached hydrogens (tertiary/aromatic N) is 4. The van der Waals surface area contributed by atoms with Crippen molar-refractivity contribution in [3.05, 3.63) is 60.3 Å². The first-order valence-electron chi connectivity index (χ1n) is 14.7. The normalized spacial score (nSPS) is 19.9. The third kappa shape index (κ3) is 6.62. The molecule has 2 aliphatic carbocycles. The first kappa shape index (κ1) is 30.4. The summed E-state index contributed by atoms with van der Waals surface area (Å²) >= 11 is 0. The molecule has 2 saturated carbocycles. The molecule has 3 fully saturated rings. The van der Waals surface area contributed by atoms with Gasteiger partial charge in [-0.15, -0.1) is 5.10 Å². The molecular weight excluding hydrogens is 571 g/mol. The second-order valence-electron chi connectivity index (χ2n) is 12.6. The molecule has 0 unspecified atom stereocenters. The van der Waals surface area contributed by atoms with Gasteiger partial charge in [-0.1, -0.05) is 25.1 Å². The molecule has 3 heterocycles.